The van der Waals surface area contributed by atoms with Crippen molar-refractivity contribution in [3.63, 3.8) is 0 Å². The number of rotatable bonds is 3. The second-order valence-corrected chi connectivity index (χ2v) is 6.79. The van der Waals surface area contributed by atoms with Crippen molar-refractivity contribution in [2.45, 2.75) is 31.2 Å². The summed E-state index contributed by atoms with van der Waals surface area (Å²) >= 11 is 0. The smallest absolute Gasteiger partial charge is 0.246 e. The first-order chi connectivity index (χ1) is 9.77. The number of aryl methyl sites for hydroxylation is 1. The molecule has 1 aromatic carbocycles. The molecule has 0 spiro atoms. The molecule has 1 atom stereocenters. The highest BCUT2D eigenvalue weighted by Crippen LogP contribution is 2.26. The van der Waals surface area contributed by atoms with Crippen LogP contribution in [0.1, 0.15) is 18.9 Å². The highest BCUT2D eigenvalue weighted by atomic mass is 32.2. The van der Waals surface area contributed by atoms with E-state index in [0.29, 0.717) is 0 Å². The molecule has 1 fully saturated rings. The lowest BCUT2D eigenvalue weighted by atomic mass is 10.2. The summed E-state index contributed by atoms with van der Waals surface area (Å²) < 4.78 is 26.3. The van der Waals surface area contributed by atoms with Crippen LogP contribution in [0.15, 0.2) is 23.1 Å². The van der Waals surface area contributed by atoms with Gasteiger partial charge >= 0.3 is 0 Å². The molecule has 21 heavy (non-hydrogen) atoms. The predicted molar refractivity (Wildman–Crippen MR) is 76.7 cm³/mol. The second kappa shape index (κ2) is 5.45. The molecule has 3 N–H and O–H groups in total. The molecule has 0 aromatic heterocycles. The summed E-state index contributed by atoms with van der Waals surface area (Å²) in [5.74, 6) is -1.25. The summed E-state index contributed by atoms with van der Waals surface area (Å²) in [5, 5.41) is 2.14. The Labute approximate surface area is 123 Å². The van der Waals surface area contributed by atoms with E-state index in [-0.39, 0.29) is 23.5 Å². The molecule has 0 aliphatic carbocycles. The molecule has 1 saturated heterocycles. The summed E-state index contributed by atoms with van der Waals surface area (Å²) in [6.07, 6.45) is 0.268. The van der Waals surface area contributed by atoms with E-state index in [9.17, 15) is 18.0 Å². The number of imide groups is 1. The molecule has 7 nitrogen and oxygen atoms in total. The van der Waals surface area contributed by atoms with Crippen molar-refractivity contribution in [1.82, 2.24) is 9.62 Å². The number of carbonyl (C=O) groups is 2. The van der Waals surface area contributed by atoms with Gasteiger partial charge in [-0.25, -0.2) is 8.42 Å². The molecule has 2 amide bonds. The van der Waals surface area contributed by atoms with Crippen LogP contribution in [0.2, 0.25) is 0 Å². The van der Waals surface area contributed by atoms with Crippen molar-refractivity contribution in [2.75, 3.05) is 12.3 Å². The molecule has 8 heteroatoms. The summed E-state index contributed by atoms with van der Waals surface area (Å²) in [7, 11) is -4.01. The third kappa shape index (κ3) is 2.77. The van der Waals surface area contributed by atoms with Crippen molar-refractivity contribution < 1.29 is 18.0 Å². The number of benzene rings is 1. The fourth-order valence-electron chi connectivity index (χ4n) is 2.31. The maximum atomic E-state index is 12.7. The molecule has 0 bridgehead atoms. The van der Waals surface area contributed by atoms with E-state index in [2.05, 4.69) is 5.32 Å². The Morgan fingerprint density at radius 1 is 1.38 bits per heavy atom. The molecule has 1 aliphatic heterocycles. The first kappa shape index (κ1) is 15.5. The lowest BCUT2D eigenvalue weighted by Gasteiger charge is -2.32. The standard InChI is InChI=1S/C13H17N3O4S/c1-3-10-13(18)15-12(17)7-16(10)21(19,20)11-5-4-8(2)6-9(11)14/h4-6,10H,3,7,14H2,1-2H3,(H,15,17,18). The van der Waals surface area contributed by atoms with Gasteiger partial charge in [0.25, 0.3) is 0 Å². The minimum atomic E-state index is -4.01. The van der Waals surface area contributed by atoms with Gasteiger partial charge in [-0.15, -0.1) is 0 Å². The van der Waals surface area contributed by atoms with E-state index >= 15 is 0 Å². The quantitative estimate of drug-likeness (QED) is 0.603. The number of carbonyl (C=O) groups excluding carboxylic acids is 2. The van der Waals surface area contributed by atoms with Crippen LogP contribution < -0.4 is 11.1 Å². The van der Waals surface area contributed by atoms with Crippen molar-refractivity contribution in [3.05, 3.63) is 23.8 Å². The Kier molecular flexibility index (Phi) is 4.02. The highest BCUT2D eigenvalue weighted by molar-refractivity contribution is 7.89. The van der Waals surface area contributed by atoms with Crippen molar-refractivity contribution in [2.24, 2.45) is 0 Å². The number of piperazine rings is 1. The first-order valence-corrected chi connectivity index (χ1v) is 7.93. The fourth-order valence-corrected chi connectivity index (χ4v) is 4.03. The molecule has 0 radical (unpaired) electrons. The van der Waals surface area contributed by atoms with Crippen LogP contribution in [0.4, 0.5) is 5.69 Å². The monoisotopic (exact) mass is 311 g/mol. The van der Waals surface area contributed by atoms with Gasteiger partial charge < -0.3 is 5.73 Å². The minimum absolute atomic E-state index is 0.0888. The van der Waals surface area contributed by atoms with Gasteiger partial charge in [-0.1, -0.05) is 13.0 Å². The summed E-state index contributed by atoms with van der Waals surface area (Å²) in [5.41, 5.74) is 6.70. The zero-order chi connectivity index (χ0) is 15.8. The van der Waals surface area contributed by atoms with Crippen LogP contribution in [-0.4, -0.2) is 37.1 Å². The molecular weight excluding hydrogens is 294 g/mol. The van der Waals surface area contributed by atoms with Gasteiger partial charge in [0, 0.05) is 0 Å². The molecule has 114 valence electrons. The van der Waals surface area contributed by atoms with E-state index < -0.39 is 27.9 Å². The lowest BCUT2D eigenvalue weighted by molar-refractivity contribution is -0.137. The lowest BCUT2D eigenvalue weighted by Crippen LogP contribution is -2.59. The molecule has 1 aromatic rings. The Hall–Kier alpha value is -1.93. The van der Waals surface area contributed by atoms with Crippen LogP contribution in [-0.2, 0) is 19.6 Å². The average Bonchev–Trinajstić information content (AvgIpc) is 2.37. The zero-order valence-electron chi connectivity index (χ0n) is 11.8. The Morgan fingerprint density at radius 2 is 2.05 bits per heavy atom. The Balaban J connectivity index is 2.50. The Morgan fingerprint density at radius 3 is 2.62 bits per heavy atom. The number of anilines is 1. The number of nitrogens with two attached hydrogens (primary N) is 1. The van der Waals surface area contributed by atoms with Crippen LogP contribution in [0.5, 0.6) is 0 Å². The van der Waals surface area contributed by atoms with E-state index in [1.807, 2.05) is 0 Å². The molecule has 1 heterocycles. The Bertz CT molecular complexity index is 699. The first-order valence-electron chi connectivity index (χ1n) is 6.49. The molecule has 2 rings (SSSR count). The molecule has 1 unspecified atom stereocenters. The van der Waals surface area contributed by atoms with Crippen molar-refractivity contribution in [3.8, 4) is 0 Å². The summed E-state index contributed by atoms with van der Waals surface area (Å²) in [4.78, 5) is 23.2. The van der Waals surface area contributed by atoms with E-state index in [4.69, 9.17) is 5.73 Å². The number of nitrogen functional groups attached to an aromatic ring is 1. The number of sulfonamides is 1. The maximum absolute atomic E-state index is 12.7. The number of hydrogen-bond acceptors (Lipinski definition) is 5. The topological polar surface area (TPSA) is 110 Å². The van der Waals surface area contributed by atoms with E-state index in [0.717, 1.165) is 9.87 Å². The van der Waals surface area contributed by atoms with E-state index in [1.54, 1.807) is 26.0 Å². The number of hydrogen-bond donors (Lipinski definition) is 2. The van der Waals surface area contributed by atoms with E-state index in [1.165, 1.54) is 6.07 Å². The molecular formula is C13H17N3O4S. The third-order valence-electron chi connectivity index (χ3n) is 3.35. The van der Waals surface area contributed by atoms with Crippen LogP contribution in [0, 0.1) is 6.92 Å². The van der Waals surface area contributed by atoms with Gasteiger partial charge in [0.1, 0.15) is 10.9 Å². The third-order valence-corrected chi connectivity index (χ3v) is 5.28. The maximum Gasteiger partial charge on any atom is 0.246 e. The highest BCUT2D eigenvalue weighted by Gasteiger charge is 2.41. The zero-order valence-corrected chi connectivity index (χ0v) is 12.6. The molecule has 1 aliphatic rings. The summed E-state index contributed by atoms with van der Waals surface area (Å²) in [6, 6.07) is 3.65. The second-order valence-electron chi connectivity index (χ2n) is 4.93. The summed E-state index contributed by atoms with van der Waals surface area (Å²) in [6.45, 7) is 3.08. The number of nitrogens with zero attached hydrogens (tertiary/aromatic N) is 1. The predicted octanol–water partition coefficient (Wildman–Crippen LogP) is 0.00292. The van der Waals surface area contributed by atoms with Crippen molar-refractivity contribution >= 4 is 27.5 Å². The van der Waals surface area contributed by atoms with Crippen LogP contribution in [0.25, 0.3) is 0 Å². The SMILES string of the molecule is CCC1C(=O)NC(=O)CN1S(=O)(=O)c1ccc(C)cc1N. The number of amides is 2. The van der Waals surface area contributed by atoms with Gasteiger partial charge in [-0.05, 0) is 31.0 Å². The average molecular weight is 311 g/mol. The normalized spacial score (nSPS) is 20.4. The largest absolute Gasteiger partial charge is 0.398 e. The van der Waals surface area contributed by atoms with Gasteiger partial charge in [0.05, 0.1) is 12.2 Å². The van der Waals surface area contributed by atoms with Gasteiger partial charge in [0.15, 0.2) is 0 Å². The van der Waals surface area contributed by atoms with Gasteiger partial charge in [-0.3, -0.25) is 14.9 Å². The van der Waals surface area contributed by atoms with Crippen LogP contribution >= 0.6 is 0 Å². The molecule has 0 saturated carbocycles. The van der Waals surface area contributed by atoms with Gasteiger partial charge in [0.2, 0.25) is 21.8 Å². The van der Waals surface area contributed by atoms with Crippen LogP contribution in [0.3, 0.4) is 0 Å². The van der Waals surface area contributed by atoms with Gasteiger partial charge in [-0.2, -0.15) is 4.31 Å². The number of nitrogens with one attached hydrogen (secondary N) is 1. The fraction of sp³-hybridized carbons (Fsp3) is 0.385. The van der Waals surface area contributed by atoms with Crippen molar-refractivity contribution in [1.29, 1.82) is 0 Å². The minimum Gasteiger partial charge on any atom is -0.398 e.